The molecule has 6 nitrogen and oxygen atoms in total. The molecule has 3 aromatic heterocycles. The monoisotopic (exact) mass is 362 g/mol. The molecule has 0 saturated carbocycles. The number of piperidine rings is 1. The van der Waals surface area contributed by atoms with E-state index in [1.807, 2.05) is 30.9 Å². The Morgan fingerprint density at radius 3 is 2.96 bits per heavy atom. The molecule has 1 fully saturated rings. The second kappa shape index (κ2) is 8.29. The molecule has 27 heavy (non-hydrogen) atoms. The van der Waals surface area contributed by atoms with Gasteiger partial charge in [-0.15, -0.1) is 0 Å². The summed E-state index contributed by atoms with van der Waals surface area (Å²) < 4.78 is 2.26. The summed E-state index contributed by atoms with van der Waals surface area (Å²) in [6.07, 6.45) is 15.8. The Kier molecular flexibility index (Phi) is 5.42. The Morgan fingerprint density at radius 1 is 1.15 bits per heavy atom. The molecule has 0 radical (unpaired) electrons. The van der Waals surface area contributed by atoms with E-state index in [1.165, 1.54) is 11.1 Å². The smallest absolute Gasteiger partial charge is 0.135 e. The maximum Gasteiger partial charge on any atom is 0.135 e. The first-order valence-corrected chi connectivity index (χ1v) is 9.79. The van der Waals surface area contributed by atoms with Crippen LogP contribution in [0.25, 0.3) is 0 Å². The summed E-state index contributed by atoms with van der Waals surface area (Å²) in [6, 6.07) is 4.10. The van der Waals surface area contributed by atoms with E-state index in [0.717, 1.165) is 57.0 Å². The Morgan fingerprint density at radius 2 is 2.11 bits per heavy atom. The number of aryl methyl sites for hydroxylation is 1. The van der Waals surface area contributed by atoms with Crippen molar-refractivity contribution in [1.82, 2.24) is 24.5 Å². The van der Waals surface area contributed by atoms with Crippen LogP contribution in [-0.2, 0) is 13.0 Å². The third-order valence-electron chi connectivity index (χ3n) is 5.19. The molecule has 1 aliphatic heterocycles. The zero-order chi connectivity index (χ0) is 18.5. The van der Waals surface area contributed by atoms with Gasteiger partial charge in [0.15, 0.2) is 0 Å². The van der Waals surface area contributed by atoms with Gasteiger partial charge in [-0.05, 0) is 30.9 Å². The van der Waals surface area contributed by atoms with Gasteiger partial charge in [-0.25, -0.2) is 15.0 Å². The third-order valence-corrected chi connectivity index (χ3v) is 5.19. The summed E-state index contributed by atoms with van der Waals surface area (Å²) in [5, 5.41) is 0. The van der Waals surface area contributed by atoms with Gasteiger partial charge in [-0.2, -0.15) is 0 Å². The Balaban J connectivity index is 1.54. The van der Waals surface area contributed by atoms with Gasteiger partial charge in [-0.3, -0.25) is 4.98 Å². The molecule has 6 heteroatoms. The van der Waals surface area contributed by atoms with Crippen molar-refractivity contribution in [3.63, 3.8) is 0 Å². The zero-order valence-electron chi connectivity index (χ0n) is 15.8. The molecular formula is C21H26N6. The fraction of sp³-hybridized carbons (Fsp3) is 0.429. The van der Waals surface area contributed by atoms with E-state index in [4.69, 9.17) is 4.98 Å². The fourth-order valence-corrected chi connectivity index (χ4v) is 3.97. The van der Waals surface area contributed by atoms with E-state index in [2.05, 4.69) is 43.6 Å². The Labute approximate surface area is 160 Å². The molecule has 0 N–H and O–H groups in total. The summed E-state index contributed by atoms with van der Waals surface area (Å²) in [5.41, 5.74) is 2.45. The number of hydrogen-bond acceptors (Lipinski definition) is 5. The highest BCUT2D eigenvalue weighted by Gasteiger charge is 2.26. The van der Waals surface area contributed by atoms with Crippen molar-refractivity contribution in [2.75, 3.05) is 18.0 Å². The fourth-order valence-electron chi connectivity index (χ4n) is 3.97. The van der Waals surface area contributed by atoms with Crippen molar-refractivity contribution < 1.29 is 0 Å². The van der Waals surface area contributed by atoms with Crippen LogP contribution in [0.2, 0.25) is 0 Å². The predicted octanol–water partition coefficient (Wildman–Crippen LogP) is 3.45. The van der Waals surface area contributed by atoms with Crippen LogP contribution >= 0.6 is 0 Å². The second-order valence-corrected chi connectivity index (χ2v) is 7.18. The third kappa shape index (κ3) is 3.99. The van der Waals surface area contributed by atoms with Crippen LogP contribution in [0.5, 0.6) is 0 Å². The largest absolute Gasteiger partial charge is 0.356 e. The number of aromatic nitrogens is 5. The molecular weight excluding hydrogens is 336 g/mol. The normalized spacial score (nSPS) is 17.2. The molecule has 0 aliphatic carbocycles. The van der Waals surface area contributed by atoms with Crippen LogP contribution in [0.15, 0.2) is 49.4 Å². The number of anilines is 1. The van der Waals surface area contributed by atoms with Gasteiger partial charge in [0.2, 0.25) is 0 Å². The van der Waals surface area contributed by atoms with Crippen molar-refractivity contribution in [2.45, 2.75) is 45.1 Å². The van der Waals surface area contributed by atoms with E-state index in [9.17, 15) is 0 Å². The van der Waals surface area contributed by atoms with Crippen molar-refractivity contribution in [1.29, 1.82) is 0 Å². The standard InChI is InChI=1S/C21H26N6/c1-2-5-18-13-23-16-25-20(18)26-10-4-7-19(15-26)21-24-9-11-27(21)14-17-6-3-8-22-12-17/h3,6,8-9,11-13,16,19H,2,4-5,7,10,14-15H2,1H3. The van der Waals surface area contributed by atoms with E-state index in [-0.39, 0.29) is 0 Å². The van der Waals surface area contributed by atoms with Gasteiger partial charge in [0, 0.05) is 55.6 Å². The van der Waals surface area contributed by atoms with E-state index < -0.39 is 0 Å². The lowest BCUT2D eigenvalue weighted by Crippen LogP contribution is -2.36. The molecule has 3 aromatic rings. The lowest BCUT2D eigenvalue weighted by atomic mass is 9.96. The minimum Gasteiger partial charge on any atom is -0.356 e. The first-order valence-electron chi connectivity index (χ1n) is 9.79. The average molecular weight is 362 g/mol. The summed E-state index contributed by atoms with van der Waals surface area (Å²) in [6.45, 7) is 5.02. The molecule has 1 saturated heterocycles. The Bertz CT molecular complexity index is 860. The lowest BCUT2D eigenvalue weighted by Gasteiger charge is -2.34. The minimum atomic E-state index is 0.412. The van der Waals surface area contributed by atoms with Crippen LogP contribution in [-0.4, -0.2) is 37.6 Å². The Hall–Kier alpha value is -2.76. The average Bonchev–Trinajstić information content (AvgIpc) is 3.18. The van der Waals surface area contributed by atoms with Gasteiger partial charge in [0.05, 0.1) is 6.54 Å². The molecule has 1 atom stereocenters. The highest BCUT2D eigenvalue weighted by Crippen LogP contribution is 2.30. The minimum absolute atomic E-state index is 0.412. The molecule has 140 valence electrons. The topological polar surface area (TPSA) is 59.7 Å². The van der Waals surface area contributed by atoms with E-state index >= 15 is 0 Å². The zero-order valence-corrected chi connectivity index (χ0v) is 15.8. The SMILES string of the molecule is CCCc1cncnc1N1CCCC(c2nccn2Cc2cccnc2)C1. The summed E-state index contributed by atoms with van der Waals surface area (Å²) >= 11 is 0. The molecule has 0 bridgehead atoms. The van der Waals surface area contributed by atoms with Crippen LogP contribution in [0.4, 0.5) is 5.82 Å². The number of pyridine rings is 1. The molecule has 0 spiro atoms. The highest BCUT2D eigenvalue weighted by molar-refractivity contribution is 5.46. The van der Waals surface area contributed by atoms with Crippen LogP contribution in [0.3, 0.4) is 0 Å². The van der Waals surface area contributed by atoms with E-state index in [1.54, 1.807) is 6.33 Å². The summed E-state index contributed by atoms with van der Waals surface area (Å²) in [4.78, 5) is 20.2. The van der Waals surface area contributed by atoms with E-state index in [0.29, 0.717) is 5.92 Å². The molecule has 4 rings (SSSR count). The van der Waals surface area contributed by atoms with Gasteiger partial charge >= 0.3 is 0 Å². The lowest BCUT2D eigenvalue weighted by molar-refractivity contribution is 0.473. The van der Waals surface area contributed by atoms with Gasteiger partial charge in [0.1, 0.15) is 18.0 Å². The van der Waals surface area contributed by atoms with Crippen molar-refractivity contribution in [3.05, 3.63) is 66.4 Å². The molecule has 4 heterocycles. The molecule has 1 aliphatic rings. The quantitative estimate of drug-likeness (QED) is 0.672. The predicted molar refractivity (Wildman–Crippen MR) is 106 cm³/mol. The summed E-state index contributed by atoms with van der Waals surface area (Å²) in [5.74, 6) is 2.67. The molecule has 1 unspecified atom stereocenters. The first-order chi connectivity index (χ1) is 13.3. The van der Waals surface area contributed by atoms with Gasteiger partial charge in [0.25, 0.3) is 0 Å². The maximum atomic E-state index is 4.71. The molecule has 0 aromatic carbocycles. The first kappa shape index (κ1) is 17.6. The van der Waals surface area contributed by atoms with Gasteiger partial charge in [-0.1, -0.05) is 19.4 Å². The van der Waals surface area contributed by atoms with Crippen molar-refractivity contribution in [2.24, 2.45) is 0 Å². The van der Waals surface area contributed by atoms with Crippen molar-refractivity contribution in [3.8, 4) is 0 Å². The molecule has 0 amide bonds. The number of rotatable bonds is 6. The summed E-state index contributed by atoms with van der Waals surface area (Å²) in [7, 11) is 0. The second-order valence-electron chi connectivity index (χ2n) is 7.18. The highest BCUT2D eigenvalue weighted by atomic mass is 15.2. The van der Waals surface area contributed by atoms with Crippen LogP contribution < -0.4 is 4.90 Å². The maximum absolute atomic E-state index is 4.71. The van der Waals surface area contributed by atoms with Crippen LogP contribution in [0, 0.1) is 0 Å². The number of imidazole rings is 1. The number of hydrogen-bond donors (Lipinski definition) is 0. The van der Waals surface area contributed by atoms with Crippen LogP contribution in [0.1, 0.15) is 49.1 Å². The van der Waals surface area contributed by atoms with Crippen molar-refractivity contribution >= 4 is 5.82 Å². The number of nitrogens with zero attached hydrogens (tertiary/aromatic N) is 6. The van der Waals surface area contributed by atoms with Gasteiger partial charge < -0.3 is 9.47 Å².